The minimum atomic E-state index is -2.86. The molecule has 2 saturated carbocycles. The van der Waals surface area contributed by atoms with Gasteiger partial charge in [0.05, 0.1) is 5.25 Å². The minimum Gasteiger partial charge on any atom is -0.311 e. The third kappa shape index (κ3) is 3.27. The predicted octanol–water partition coefficient (Wildman–Crippen LogP) is 2.37. The Kier molecular flexibility index (Phi) is 4.37. The van der Waals surface area contributed by atoms with Gasteiger partial charge in [0.15, 0.2) is 0 Å². The lowest BCUT2D eigenvalue weighted by atomic mass is 9.92. The molecule has 0 amide bonds. The minimum absolute atomic E-state index is 0.113. The topological polar surface area (TPSA) is 46.2 Å². The van der Waals surface area contributed by atoms with Crippen molar-refractivity contribution >= 4 is 9.84 Å². The molecule has 0 spiro atoms. The summed E-state index contributed by atoms with van der Waals surface area (Å²) < 4.78 is 23.3. The first-order valence-electron chi connectivity index (χ1n) is 7.33. The monoisotopic (exact) mass is 273 g/mol. The van der Waals surface area contributed by atoms with Crippen molar-refractivity contribution < 1.29 is 8.42 Å². The van der Waals surface area contributed by atoms with Crippen molar-refractivity contribution in [3.63, 3.8) is 0 Å². The Balaban J connectivity index is 1.90. The molecule has 2 fully saturated rings. The van der Waals surface area contributed by atoms with Crippen LogP contribution in [0.15, 0.2) is 0 Å². The molecule has 0 aliphatic heterocycles. The molecule has 0 saturated heterocycles. The fraction of sp³-hybridized carbons (Fsp3) is 1.00. The van der Waals surface area contributed by atoms with Crippen LogP contribution in [0.2, 0.25) is 0 Å². The predicted molar refractivity (Wildman–Crippen MR) is 75.4 cm³/mol. The van der Waals surface area contributed by atoms with Crippen molar-refractivity contribution in [2.75, 3.05) is 6.26 Å². The Labute approximate surface area is 112 Å². The summed E-state index contributed by atoms with van der Waals surface area (Å²) in [4.78, 5) is 0. The molecule has 1 N–H and O–H groups in total. The average molecular weight is 273 g/mol. The maximum atomic E-state index is 11.7. The van der Waals surface area contributed by atoms with Crippen LogP contribution in [0.4, 0.5) is 0 Å². The van der Waals surface area contributed by atoms with Gasteiger partial charge in [-0.15, -0.1) is 0 Å². The third-order valence-corrected chi connectivity index (χ3v) is 6.79. The van der Waals surface area contributed by atoms with Gasteiger partial charge in [0.2, 0.25) is 0 Å². The lowest BCUT2D eigenvalue weighted by Gasteiger charge is -2.32. The number of nitrogens with one attached hydrogen (secondary N) is 1. The van der Waals surface area contributed by atoms with Crippen LogP contribution < -0.4 is 5.32 Å². The quantitative estimate of drug-likeness (QED) is 0.858. The summed E-state index contributed by atoms with van der Waals surface area (Å²) in [5, 5.41) is 3.62. The van der Waals surface area contributed by atoms with Gasteiger partial charge in [-0.05, 0) is 43.9 Å². The van der Waals surface area contributed by atoms with Gasteiger partial charge in [-0.3, -0.25) is 0 Å². The van der Waals surface area contributed by atoms with E-state index < -0.39 is 9.84 Å². The van der Waals surface area contributed by atoms with Crippen molar-refractivity contribution in [1.82, 2.24) is 5.32 Å². The summed E-state index contributed by atoms with van der Waals surface area (Å²) >= 11 is 0. The third-order valence-electron chi connectivity index (χ3n) is 5.15. The second-order valence-electron chi connectivity index (χ2n) is 6.50. The first-order valence-corrected chi connectivity index (χ1v) is 9.28. The first kappa shape index (κ1) is 14.3. The van der Waals surface area contributed by atoms with E-state index in [1.807, 2.05) is 0 Å². The molecule has 106 valence electrons. The standard InChI is InChI=1S/C14H27NO2S/c1-10-7-8-14(11(10)2)15-12-5-4-6-13(9-12)18(3,16)17/h10-15H,4-9H2,1-3H3. The maximum absolute atomic E-state index is 11.7. The Hall–Kier alpha value is -0.0900. The van der Waals surface area contributed by atoms with Crippen molar-refractivity contribution in [1.29, 1.82) is 0 Å². The van der Waals surface area contributed by atoms with Gasteiger partial charge in [0.25, 0.3) is 0 Å². The summed E-state index contributed by atoms with van der Waals surface area (Å²) in [5.41, 5.74) is 0. The lowest BCUT2D eigenvalue weighted by molar-refractivity contribution is 0.293. The van der Waals surface area contributed by atoms with Crippen LogP contribution in [0.3, 0.4) is 0 Å². The van der Waals surface area contributed by atoms with E-state index >= 15 is 0 Å². The average Bonchev–Trinajstić information content (AvgIpc) is 2.60. The van der Waals surface area contributed by atoms with Gasteiger partial charge < -0.3 is 5.32 Å². The van der Waals surface area contributed by atoms with Crippen LogP contribution in [0.5, 0.6) is 0 Å². The van der Waals surface area contributed by atoms with Crippen molar-refractivity contribution in [2.45, 2.75) is 69.7 Å². The maximum Gasteiger partial charge on any atom is 0.150 e. The van der Waals surface area contributed by atoms with Crippen LogP contribution in [0, 0.1) is 11.8 Å². The van der Waals surface area contributed by atoms with Crippen molar-refractivity contribution in [3.8, 4) is 0 Å². The Morgan fingerprint density at radius 1 is 1.06 bits per heavy atom. The summed E-state index contributed by atoms with van der Waals surface area (Å²) in [6.07, 6.45) is 7.81. The van der Waals surface area contributed by atoms with Crippen LogP contribution in [-0.2, 0) is 9.84 Å². The number of hydrogen-bond acceptors (Lipinski definition) is 3. The van der Waals surface area contributed by atoms with Gasteiger partial charge >= 0.3 is 0 Å². The summed E-state index contributed by atoms with van der Waals surface area (Å²) in [7, 11) is -2.86. The highest BCUT2D eigenvalue weighted by Gasteiger charge is 2.34. The van der Waals surface area contributed by atoms with E-state index in [9.17, 15) is 8.42 Å². The van der Waals surface area contributed by atoms with Gasteiger partial charge in [-0.2, -0.15) is 0 Å². The van der Waals surface area contributed by atoms with E-state index in [2.05, 4.69) is 19.2 Å². The van der Waals surface area contributed by atoms with E-state index in [1.54, 1.807) is 0 Å². The molecule has 0 aromatic carbocycles. The van der Waals surface area contributed by atoms with E-state index in [4.69, 9.17) is 0 Å². The van der Waals surface area contributed by atoms with Gasteiger partial charge in [-0.25, -0.2) is 8.42 Å². The van der Waals surface area contributed by atoms with E-state index in [1.165, 1.54) is 19.1 Å². The molecule has 18 heavy (non-hydrogen) atoms. The Bertz CT molecular complexity index is 379. The molecular formula is C14H27NO2S. The number of hydrogen-bond donors (Lipinski definition) is 1. The highest BCUT2D eigenvalue weighted by atomic mass is 32.2. The molecule has 0 heterocycles. The number of sulfone groups is 1. The molecule has 4 heteroatoms. The molecule has 0 radical (unpaired) electrons. The molecule has 0 aromatic rings. The molecule has 5 atom stereocenters. The highest BCUT2D eigenvalue weighted by molar-refractivity contribution is 7.91. The van der Waals surface area contributed by atoms with E-state index in [0.717, 1.165) is 37.5 Å². The van der Waals surface area contributed by atoms with Crippen LogP contribution in [-0.4, -0.2) is 32.0 Å². The zero-order valence-electron chi connectivity index (χ0n) is 11.9. The van der Waals surface area contributed by atoms with E-state index in [-0.39, 0.29) is 5.25 Å². The largest absolute Gasteiger partial charge is 0.311 e. The second-order valence-corrected chi connectivity index (χ2v) is 8.83. The van der Waals surface area contributed by atoms with Crippen molar-refractivity contribution in [3.05, 3.63) is 0 Å². The normalized spacial score (nSPS) is 42.1. The lowest BCUT2D eigenvalue weighted by Crippen LogP contribution is -2.45. The molecular weight excluding hydrogens is 246 g/mol. The Morgan fingerprint density at radius 3 is 2.33 bits per heavy atom. The summed E-state index contributed by atoms with van der Waals surface area (Å²) in [6.45, 7) is 4.65. The number of rotatable bonds is 3. The Morgan fingerprint density at radius 2 is 1.78 bits per heavy atom. The fourth-order valence-electron chi connectivity index (χ4n) is 3.59. The van der Waals surface area contributed by atoms with Gasteiger partial charge in [0, 0.05) is 18.3 Å². The first-order chi connectivity index (χ1) is 8.38. The van der Waals surface area contributed by atoms with Crippen LogP contribution >= 0.6 is 0 Å². The molecule has 2 rings (SSSR count). The molecule has 3 nitrogen and oxygen atoms in total. The molecule has 2 aliphatic rings. The van der Waals surface area contributed by atoms with Gasteiger partial charge in [0.1, 0.15) is 9.84 Å². The highest BCUT2D eigenvalue weighted by Crippen LogP contribution is 2.33. The van der Waals surface area contributed by atoms with E-state index in [0.29, 0.717) is 12.1 Å². The zero-order valence-corrected chi connectivity index (χ0v) is 12.7. The fourth-order valence-corrected chi connectivity index (χ4v) is 4.76. The molecule has 2 aliphatic carbocycles. The van der Waals surface area contributed by atoms with Crippen LogP contribution in [0.1, 0.15) is 52.4 Å². The molecule has 0 aromatic heterocycles. The second kappa shape index (κ2) is 5.49. The molecule has 0 bridgehead atoms. The summed E-state index contributed by atoms with van der Waals surface area (Å²) in [6, 6.07) is 1.01. The van der Waals surface area contributed by atoms with Crippen molar-refractivity contribution in [2.24, 2.45) is 11.8 Å². The smallest absolute Gasteiger partial charge is 0.150 e. The van der Waals surface area contributed by atoms with Gasteiger partial charge in [-0.1, -0.05) is 20.3 Å². The summed E-state index contributed by atoms with van der Waals surface area (Å²) in [5.74, 6) is 1.53. The zero-order chi connectivity index (χ0) is 13.3. The molecule has 5 unspecified atom stereocenters. The SMILES string of the molecule is CC1CCC(NC2CCCC(S(C)(=O)=O)C2)C1C. The van der Waals surface area contributed by atoms with Crippen LogP contribution in [0.25, 0.3) is 0 Å².